The number of methoxy groups -OCH3 is 2. The van der Waals surface area contributed by atoms with Crippen LogP contribution in [-0.2, 0) is 82.7 Å². The molecule has 6 aromatic rings. The number of ether oxygens (including phenoxy) is 4. The summed E-state index contributed by atoms with van der Waals surface area (Å²) in [5.41, 5.74) is 8.31. The van der Waals surface area contributed by atoms with Gasteiger partial charge in [-0.3, -0.25) is 19.5 Å². The molecule has 0 spiro atoms. The molecular formula is C66H93BN12NaO15S4. The number of ketones is 1. The first-order valence-corrected chi connectivity index (χ1v) is 38.6. The van der Waals surface area contributed by atoms with Gasteiger partial charge >= 0.3 is 41.5 Å². The van der Waals surface area contributed by atoms with E-state index in [0.29, 0.717) is 99.1 Å². The number of carbonyl (C=O) groups is 4. The third-order valence-corrected chi connectivity index (χ3v) is 21.2. The zero-order valence-electron chi connectivity index (χ0n) is 59.2. The Morgan fingerprint density at radius 3 is 1.40 bits per heavy atom. The van der Waals surface area contributed by atoms with Crippen LogP contribution < -0.4 is 59.3 Å². The molecule has 27 nitrogen and oxygen atoms in total. The van der Waals surface area contributed by atoms with Gasteiger partial charge in [-0.25, -0.2) is 66.1 Å². The summed E-state index contributed by atoms with van der Waals surface area (Å²) in [5, 5.41) is 12.2. The van der Waals surface area contributed by atoms with Crippen molar-refractivity contribution in [3.05, 3.63) is 56.5 Å². The number of thiophene rings is 2. The molecule has 99 heavy (non-hydrogen) atoms. The van der Waals surface area contributed by atoms with E-state index in [0.717, 1.165) is 133 Å². The molecule has 6 aromatic heterocycles. The molecule has 6 aliphatic heterocycles. The minimum atomic E-state index is -3.30. The quantitative estimate of drug-likeness (QED) is 0.0877. The number of aliphatic carboxylic acids is 1. The van der Waals surface area contributed by atoms with E-state index in [1.807, 2.05) is 12.1 Å². The Kier molecular flexibility index (Phi) is 32.1. The van der Waals surface area contributed by atoms with Crippen LogP contribution in [-0.4, -0.2) is 230 Å². The summed E-state index contributed by atoms with van der Waals surface area (Å²) in [6.45, 7) is 25.2. The van der Waals surface area contributed by atoms with Crippen molar-refractivity contribution in [3.63, 3.8) is 0 Å². The number of rotatable bonds is 15. The van der Waals surface area contributed by atoms with E-state index >= 15 is 0 Å². The largest absolute Gasteiger partial charge is 1.00 e. The molecule has 3 radical (unpaired) electrons. The average molecular weight is 1460 g/mol. The van der Waals surface area contributed by atoms with Gasteiger partial charge in [0, 0.05) is 180 Å². The number of anilines is 2. The molecule has 1 N–H and O–H groups in total. The van der Waals surface area contributed by atoms with Gasteiger partial charge in [0.1, 0.15) is 5.78 Å². The standard InChI is InChI=1S/C30H42N6O4S2.C25H31N5O5S2.C5H11N.C4H6O4.C2H4O2.B.Na/c1-20-6-5-9-36(20)24-7-10-34(11-8-24)18-25-21(2)41-28-26(32-30(33-27(25)28)35-12-14-40-15-13-35)22-16-23(19-42(4,37)38)29(39-3)31-17-22;1-16-20(14-29-6-4-19(31)5-7-29)22-23(36-16)21(27-25(28-22)30-8-10-35-11-9-30)17-12-18(15-37(3,32)33)24(34-2)26-13-17;1-5-3-2-4-6-5;1-3(5)7-8-4(2)6;1-2(3)4;;/h16-17,20,24H,5-15,18-19H2,1-4H3;12-13H,4-11,14-15H2,1-3H3;5-6H,2-4H2,1H3;1-2H3;1H3,(H,3,4);;/q;;;;;;+1/p-1/t20-;;5-;;;;/m0.0..../s1. The van der Waals surface area contributed by atoms with Crippen LogP contribution in [0.3, 0.4) is 0 Å². The zero-order valence-corrected chi connectivity index (χ0v) is 64.4. The molecule has 2 atom stereocenters. The number of hydrogen-bond donors (Lipinski definition) is 1. The van der Waals surface area contributed by atoms with E-state index in [1.165, 1.54) is 88.8 Å². The van der Waals surface area contributed by atoms with Gasteiger partial charge in [0.15, 0.2) is 19.7 Å². The number of Topliss-reactive ketones (excluding diaryl/α,β-unsaturated/α-hetero) is 1. The van der Waals surface area contributed by atoms with E-state index in [1.54, 1.807) is 35.1 Å². The van der Waals surface area contributed by atoms with Crippen LogP contribution in [0.5, 0.6) is 11.8 Å². The molecule has 6 saturated heterocycles. The minimum absolute atomic E-state index is 0. The van der Waals surface area contributed by atoms with Gasteiger partial charge in [0.05, 0.1) is 84.0 Å². The number of hydrogen-bond acceptors (Lipinski definition) is 29. The fourth-order valence-electron chi connectivity index (χ4n) is 12.5. The van der Waals surface area contributed by atoms with Crippen molar-refractivity contribution in [2.45, 2.75) is 143 Å². The summed E-state index contributed by atoms with van der Waals surface area (Å²) in [7, 11) is -3.60. The molecule has 0 aliphatic carbocycles. The van der Waals surface area contributed by atoms with Crippen LogP contribution in [0.1, 0.15) is 118 Å². The summed E-state index contributed by atoms with van der Waals surface area (Å²) in [6, 6.07) is 5.87. The van der Waals surface area contributed by atoms with E-state index in [9.17, 15) is 31.2 Å². The van der Waals surface area contributed by atoms with Crippen LogP contribution in [0.2, 0.25) is 0 Å². The predicted molar refractivity (Wildman–Crippen MR) is 377 cm³/mol. The number of pyridine rings is 2. The fraction of sp³-hybridized carbons (Fsp3) is 0.606. The number of nitrogens with one attached hydrogen (secondary N) is 1. The Bertz CT molecular complexity index is 3910. The maximum atomic E-state index is 12.2. The molecule has 12 rings (SSSR count). The second-order valence-electron chi connectivity index (χ2n) is 25.2. The number of likely N-dealkylation sites (tertiary alicyclic amines) is 3. The van der Waals surface area contributed by atoms with Crippen LogP contribution >= 0.6 is 22.7 Å². The maximum Gasteiger partial charge on any atom is 1.00 e. The molecule has 0 saturated carbocycles. The second-order valence-corrected chi connectivity index (χ2v) is 31.9. The molecule has 0 bridgehead atoms. The van der Waals surface area contributed by atoms with Gasteiger partial charge in [-0.05, 0) is 111 Å². The molecule has 12 heterocycles. The first kappa shape index (κ1) is 82.3. The monoisotopic (exact) mass is 1460 g/mol. The Balaban J connectivity index is 0.000000246. The van der Waals surface area contributed by atoms with E-state index in [-0.39, 0.29) is 55.4 Å². The molecular weight excluding hydrogens is 1360 g/mol. The third-order valence-electron chi connectivity index (χ3n) is 17.2. The van der Waals surface area contributed by atoms with Crippen molar-refractivity contribution in [3.8, 4) is 34.3 Å². The Morgan fingerprint density at radius 2 is 1.06 bits per heavy atom. The molecule has 0 unspecified atom stereocenters. The summed E-state index contributed by atoms with van der Waals surface area (Å²) in [6.07, 6.45) is 14.8. The van der Waals surface area contributed by atoms with E-state index in [4.69, 9.17) is 48.8 Å². The number of carboxylic acid groups (broad SMARTS) is 1. The second kappa shape index (κ2) is 38.6. The van der Waals surface area contributed by atoms with Gasteiger partial charge in [-0.1, -0.05) is 0 Å². The van der Waals surface area contributed by atoms with Crippen LogP contribution in [0.4, 0.5) is 11.9 Å². The van der Waals surface area contributed by atoms with Gasteiger partial charge in [0.25, 0.3) is 0 Å². The first-order valence-electron chi connectivity index (χ1n) is 32.8. The van der Waals surface area contributed by atoms with Gasteiger partial charge in [-0.2, -0.15) is 0 Å². The number of aryl methyl sites for hydroxylation is 2. The Labute approximate surface area is 613 Å². The van der Waals surface area contributed by atoms with E-state index in [2.05, 4.69) is 77.3 Å². The van der Waals surface area contributed by atoms with Crippen molar-refractivity contribution < 1.29 is 99.4 Å². The smallest absolute Gasteiger partial charge is 0.550 e. The number of aromatic nitrogens is 6. The summed E-state index contributed by atoms with van der Waals surface area (Å²) in [4.78, 5) is 91.5. The predicted octanol–water partition coefficient (Wildman–Crippen LogP) is 2.68. The maximum absolute atomic E-state index is 12.2. The zero-order chi connectivity index (χ0) is 70.1. The fourth-order valence-corrected chi connectivity index (χ4v) is 16.3. The Morgan fingerprint density at radius 1 is 0.636 bits per heavy atom. The van der Waals surface area contributed by atoms with Crippen molar-refractivity contribution >= 4 is 107 Å². The van der Waals surface area contributed by atoms with E-state index < -0.39 is 37.6 Å². The normalized spacial score (nSPS) is 18.6. The Hall–Kier alpha value is -5.62. The number of carbonyl (C=O) groups excluding carboxylic acids is 4. The minimum Gasteiger partial charge on any atom is -0.550 e. The van der Waals surface area contributed by atoms with Gasteiger partial charge in [-0.15, -0.1) is 22.7 Å². The molecule has 6 fully saturated rings. The first-order chi connectivity index (χ1) is 46.2. The molecule has 0 amide bonds. The summed E-state index contributed by atoms with van der Waals surface area (Å²) in [5.74, 6) is -0.457. The average Bonchev–Trinajstić information content (AvgIpc) is 1.61. The SMILES string of the molecule is CC(=O)OOC(C)=O.CC(=O)[O-].COc1ncc(-c2nc(N3CCOCC3)nc3c(CN4CCC(=O)CC4)c(C)sc23)cc1CS(C)(=O)=O.COc1ncc(-c2nc(N3CCOCC3)nc3c(CN4CCC(N5CCC[C@@H]5C)CC4)c(C)sc23)cc1CS(C)(=O)=O.C[C@H]1CCCN1.[B].[Na+]. The molecule has 535 valence electrons. The number of nitrogens with zero attached hydrogens (tertiary/aromatic N) is 11. The molecule has 0 aromatic carbocycles. The van der Waals surface area contributed by atoms with Crippen molar-refractivity contribution in [2.75, 3.05) is 128 Å². The van der Waals surface area contributed by atoms with Gasteiger partial charge < -0.3 is 44.0 Å². The summed E-state index contributed by atoms with van der Waals surface area (Å²) < 4.78 is 72.4. The van der Waals surface area contributed by atoms with Crippen molar-refractivity contribution in [2.24, 2.45) is 0 Å². The van der Waals surface area contributed by atoms with Crippen molar-refractivity contribution in [1.29, 1.82) is 0 Å². The summed E-state index contributed by atoms with van der Waals surface area (Å²) >= 11 is 3.35. The number of carboxylic acids is 1. The van der Waals surface area contributed by atoms with Crippen LogP contribution in [0.25, 0.3) is 42.9 Å². The topological polar surface area (TPSA) is 321 Å². The number of fused-ring (bicyclic) bond motifs is 2. The molecule has 6 aliphatic rings. The number of morpholine rings is 2. The third kappa shape index (κ3) is 24.3. The van der Waals surface area contributed by atoms with Crippen LogP contribution in [0.15, 0.2) is 24.5 Å². The van der Waals surface area contributed by atoms with Crippen LogP contribution in [0, 0.1) is 13.8 Å². The number of piperidine rings is 2. The van der Waals surface area contributed by atoms with Crippen molar-refractivity contribution in [1.82, 2.24) is 49.9 Å². The molecule has 33 heteroatoms. The van der Waals surface area contributed by atoms with Gasteiger partial charge in [0.2, 0.25) is 23.7 Å². The number of sulfone groups is 2.